The van der Waals surface area contributed by atoms with Gasteiger partial charge in [-0.25, -0.2) is 4.98 Å². The van der Waals surface area contributed by atoms with Crippen molar-refractivity contribution in [3.63, 3.8) is 0 Å². The summed E-state index contributed by atoms with van der Waals surface area (Å²) in [4.78, 5) is 4.49. The zero-order chi connectivity index (χ0) is 15.5. The van der Waals surface area contributed by atoms with Crippen LogP contribution in [0.2, 0.25) is 0 Å². The predicted molar refractivity (Wildman–Crippen MR) is 101 cm³/mol. The van der Waals surface area contributed by atoms with E-state index in [-0.39, 0.29) is 0 Å². The van der Waals surface area contributed by atoms with Crippen LogP contribution < -0.4 is 0 Å². The van der Waals surface area contributed by atoms with Crippen molar-refractivity contribution < 1.29 is 0 Å². The fourth-order valence-corrected chi connectivity index (χ4v) is 2.96. The summed E-state index contributed by atoms with van der Waals surface area (Å²) in [5.41, 5.74) is 1.00. The molecule has 5 heteroatoms. The highest BCUT2D eigenvalue weighted by atomic mass is 79.9. The number of hydrogen-bond acceptors (Lipinski definition) is 2. The molecule has 0 aromatic carbocycles. The SMILES string of the molecule is C=C.C=Cc1nc(CSC/C=C\C(=C)Br)c(Br)n1C=C. The molecule has 1 aromatic heterocycles. The summed E-state index contributed by atoms with van der Waals surface area (Å²) >= 11 is 8.59. The second kappa shape index (κ2) is 10.9. The third-order valence-electron chi connectivity index (χ3n) is 2.06. The minimum atomic E-state index is 0.803. The summed E-state index contributed by atoms with van der Waals surface area (Å²) in [7, 11) is 0. The summed E-state index contributed by atoms with van der Waals surface area (Å²) in [6.45, 7) is 17.2. The predicted octanol–water partition coefficient (Wildman–Crippen LogP) is 5.89. The van der Waals surface area contributed by atoms with E-state index in [0.29, 0.717) is 0 Å². The third kappa shape index (κ3) is 6.11. The molecule has 1 heterocycles. The normalized spacial score (nSPS) is 9.90. The molecule has 0 unspecified atom stereocenters. The quantitative estimate of drug-likeness (QED) is 0.312. The fourth-order valence-electron chi connectivity index (χ4n) is 1.29. The van der Waals surface area contributed by atoms with E-state index in [1.165, 1.54) is 0 Å². The molecule has 0 spiro atoms. The van der Waals surface area contributed by atoms with E-state index in [2.05, 4.69) is 75.8 Å². The Labute approximate surface area is 142 Å². The molecule has 0 atom stereocenters. The third-order valence-corrected chi connectivity index (χ3v) is 4.07. The summed E-state index contributed by atoms with van der Waals surface area (Å²) in [6, 6.07) is 0. The van der Waals surface area contributed by atoms with Gasteiger partial charge in [-0.3, -0.25) is 4.57 Å². The topological polar surface area (TPSA) is 17.8 Å². The maximum absolute atomic E-state index is 4.49. The van der Waals surface area contributed by atoms with E-state index in [1.807, 2.05) is 10.6 Å². The number of nitrogens with zero attached hydrogens (tertiary/aromatic N) is 2. The van der Waals surface area contributed by atoms with Crippen LogP contribution in [0.5, 0.6) is 0 Å². The number of allylic oxidation sites excluding steroid dienone is 2. The molecule has 20 heavy (non-hydrogen) atoms. The number of thioether (sulfide) groups is 1. The summed E-state index contributed by atoms with van der Waals surface area (Å²) in [6.07, 6.45) is 7.44. The lowest BCUT2D eigenvalue weighted by Crippen LogP contribution is -1.88. The average molecular weight is 418 g/mol. The van der Waals surface area contributed by atoms with Gasteiger partial charge in [-0.1, -0.05) is 47.8 Å². The average Bonchev–Trinajstić information content (AvgIpc) is 2.76. The zero-order valence-electron chi connectivity index (χ0n) is 11.3. The summed E-state index contributed by atoms with van der Waals surface area (Å²) in [5.74, 6) is 2.56. The van der Waals surface area contributed by atoms with E-state index >= 15 is 0 Å². The van der Waals surface area contributed by atoms with Crippen molar-refractivity contribution in [3.05, 3.63) is 65.7 Å². The minimum Gasteiger partial charge on any atom is -0.295 e. The molecule has 0 fully saturated rings. The molecule has 0 radical (unpaired) electrons. The van der Waals surface area contributed by atoms with Gasteiger partial charge < -0.3 is 0 Å². The van der Waals surface area contributed by atoms with Gasteiger partial charge in [-0.2, -0.15) is 11.8 Å². The number of halogens is 2. The largest absolute Gasteiger partial charge is 0.295 e. The van der Waals surface area contributed by atoms with Crippen LogP contribution in [0.25, 0.3) is 12.3 Å². The maximum Gasteiger partial charge on any atom is 0.137 e. The summed E-state index contributed by atoms with van der Waals surface area (Å²) in [5, 5.41) is 0. The van der Waals surface area contributed by atoms with Crippen LogP contribution in [-0.4, -0.2) is 15.3 Å². The first-order chi connectivity index (χ1) is 9.60. The highest BCUT2D eigenvalue weighted by molar-refractivity contribution is 9.11. The molecule has 0 aliphatic rings. The smallest absolute Gasteiger partial charge is 0.137 e. The first-order valence-electron chi connectivity index (χ1n) is 5.70. The van der Waals surface area contributed by atoms with Crippen molar-refractivity contribution in [2.24, 2.45) is 0 Å². The van der Waals surface area contributed by atoms with Gasteiger partial charge >= 0.3 is 0 Å². The lowest BCUT2D eigenvalue weighted by atomic mass is 10.5. The number of hydrogen-bond donors (Lipinski definition) is 0. The van der Waals surface area contributed by atoms with Crippen LogP contribution in [-0.2, 0) is 5.75 Å². The van der Waals surface area contributed by atoms with Crippen molar-refractivity contribution >= 4 is 55.9 Å². The molecule has 0 N–H and O–H groups in total. The van der Waals surface area contributed by atoms with E-state index in [1.54, 1.807) is 24.0 Å². The van der Waals surface area contributed by atoms with E-state index < -0.39 is 0 Å². The van der Waals surface area contributed by atoms with Gasteiger partial charge in [0.1, 0.15) is 10.4 Å². The number of imidazole rings is 1. The molecule has 0 saturated carbocycles. The minimum absolute atomic E-state index is 0.803. The Morgan fingerprint density at radius 2 is 2.00 bits per heavy atom. The van der Waals surface area contributed by atoms with Gasteiger partial charge in [-0.05, 0) is 22.0 Å². The van der Waals surface area contributed by atoms with Crippen molar-refractivity contribution in [3.8, 4) is 0 Å². The summed E-state index contributed by atoms with van der Waals surface area (Å²) < 4.78 is 3.70. The Balaban J connectivity index is 0.00000172. The monoisotopic (exact) mass is 416 g/mol. The fraction of sp³-hybridized carbons (Fsp3) is 0.133. The Hall–Kier alpha value is -0.780. The lowest BCUT2D eigenvalue weighted by Gasteiger charge is -1.98. The molecule has 0 aliphatic heterocycles. The molecule has 0 amide bonds. The Kier molecular flexibility index (Phi) is 10.5. The first kappa shape index (κ1) is 19.2. The van der Waals surface area contributed by atoms with Crippen molar-refractivity contribution in [1.82, 2.24) is 9.55 Å². The van der Waals surface area contributed by atoms with E-state index in [9.17, 15) is 0 Å². The van der Waals surface area contributed by atoms with Gasteiger partial charge in [0.05, 0.1) is 5.69 Å². The Morgan fingerprint density at radius 3 is 2.45 bits per heavy atom. The van der Waals surface area contributed by atoms with Gasteiger partial charge in [0.15, 0.2) is 0 Å². The zero-order valence-corrected chi connectivity index (χ0v) is 15.3. The Bertz CT molecular complexity index is 504. The van der Waals surface area contributed by atoms with Gasteiger partial charge in [0, 0.05) is 22.2 Å². The van der Waals surface area contributed by atoms with Crippen molar-refractivity contribution in [2.45, 2.75) is 5.75 Å². The second-order valence-electron chi connectivity index (χ2n) is 3.33. The van der Waals surface area contributed by atoms with Crippen molar-refractivity contribution in [2.75, 3.05) is 5.75 Å². The van der Waals surface area contributed by atoms with E-state index in [0.717, 1.165) is 32.1 Å². The molecule has 0 aliphatic carbocycles. The lowest BCUT2D eigenvalue weighted by molar-refractivity contribution is 1.09. The Morgan fingerprint density at radius 1 is 1.35 bits per heavy atom. The van der Waals surface area contributed by atoms with E-state index in [4.69, 9.17) is 0 Å². The van der Waals surface area contributed by atoms with Crippen molar-refractivity contribution in [1.29, 1.82) is 0 Å². The second-order valence-corrected chi connectivity index (χ2v) is 6.13. The first-order valence-corrected chi connectivity index (χ1v) is 8.44. The van der Waals surface area contributed by atoms with Crippen LogP contribution in [0.3, 0.4) is 0 Å². The van der Waals surface area contributed by atoms with Gasteiger partial charge in [0.2, 0.25) is 0 Å². The molecular formula is C15H18Br2N2S. The standard InChI is InChI=1S/C13H14Br2N2S.C2H4/c1-4-12-16-11(13(15)17(12)5-2)9-18-8-6-7-10(3)14;1-2/h4-7H,1-3,8-9H2;1-2H2/b7-6-;. The molecule has 0 saturated heterocycles. The molecule has 2 nitrogen and oxygen atoms in total. The highest BCUT2D eigenvalue weighted by Crippen LogP contribution is 2.24. The van der Waals surface area contributed by atoms with Crippen LogP contribution in [0.15, 0.2) is 54.1 Å². The molecule has 0 bridgehead atoms. The van der Waals surface area contributed by atoms with Crippen LogP contribution in [0, 0.1) is 0 Å². The maximum atomic E-state index is 4.49. The van der Waals surface area contributed by atoms with Crippen LogP contribution in [0.1, 0.15) is 11.5 Å². The van der Waals surface area contributed by atoms with Gasteiger partial charge in [0.25, 0.3) is 0 Å². The molecular weight excluding hydrogens is 400 g/mol. The number of rotatable bonds is 7. The number of aromatic nitrogens is 2. The molecule has 108 valence electrons. The van der Waals surface area contributed by atoms with Gasteiger partial charge in [-0.15, -0.1) is 13.2 Å². The van der Waals surface area contributed by atoms with Crippen LogP contribution in [0.4, 0.5) is 0 Å². The molecule has 1 aromatic rings. The highest BCUT2D eigenvalue weighted by Gasteiger charge is 2.10. The molecule has 1 rings (SSSR count). The van der Waals surface area contributed by atoms with Crippen LogP contribution >= 0.6 is 43.6 Å².